The van der Waals surface area contributed by atoms with Gasteiger partial charge in [0.05, 0.1) is 0 Å². The Hall–Kier alpha value is -2.49. The van der Waals surface area contributed by atoms with Gasteiger partial charge in [-0.25, -0.2) is 17.9 Å². The fraction of sp³-hybridized carbons (Fsp3) is 0.118. The Balaban J connectivity index is 1.73. The number of nitrogens with zero attached hydrogens (tertiary/aromatic N) is 2. The number of hydrogen-bond acceptors (Lipinski definition) is 0. The minimum absolute atomic E-state index is 0.441. The van der Waals surface area contributed by atoms with Crippen LogP contribution in [0.3, 0.4) is 0 Å². The van der Waals surface area contributed by atoms with E-state index in [1.165, 1.54) is 17.7 Å². The molecule has 21 heavy (non-hydrogen) atoms. The molecule has 4 heteroatoms. The molecule has 0 spiro atoms. The second-order valence-corrected chi connectivity index (χ2v) is 5.02. The van der Waals surface area contributed by atoms with Gasteiger partial charge in [0.2, 0.25) is 6.33 Å². The molecule has 0 aliphatic carbocycles. The van der Waals surface area contributed by atoms with E-state index in [9.17, 15) is 8.78 Å². The molecule has 2 aromatic carbocycles. The van der Waals surface area contributed by atoms with Crippen LogP contribution in [-0.2, 0) is 13.1 Å². The lowest BCUT2D eigenvalue weighted by atomic mass is 10.2. The minimum Gasteiger partial charge on any atom is -0.233 e. The van der Waals surface area contributed by atoms with Crippen molar-refractivity contribution in [3.63, 3.8) is 0 Å². The Morgan fingerprint density at radius 1 is 0.905 bits per heavy atom. The molecule has 0 N–H and O–H groups in total. The first-order chi connectivity index (χ1) is 10.2. The first-order valence-corrected chi connectivity index (χ1v) is 6.73. The summed E-state index contributed by atoms with van der Waals surface area (Å²) < 4.78 is 30.3. The number of benzene rings is 2. The molecule has 0 fully saturated rings. The summed E-state index contributed by atoms with van der Waals surface area (Å²) in [6.07, 6.45) is 5.77. The maximum atomic E-state index is 13.2. The van der Waals surface area contributed by atoms with E-state index in [1.54, 1.807) is 0 Å². The van der Waals surface area contributed by atoms with Crippen LogP contribution in [0.4, 0.5) is 8.78 Å². The van der Waals surface area contributed by atoms with E-state index in [0.29, 0.717) is 12.1 Å². The molecule has 0 aliphatic rings. The van der Waals surface area contributed by atoms with Gasteiger partial charge in [0.15, 0.2) is 0 Å². The highest BCUT2D eigenvalue weighted by Gasteiger charge is 2.07. The predicted molar refractivity (Wildman–Crippen MR) is 75.6 cm³/mol. The number of aromatic nitrogens is 2. The number of hydrogen-bond donors (Lipinski definition) is 0. The van der Waals surface area contributed by atoms with Crippen molar-refractivity contribution in [2.45, 2.75) is 13.1 Å². The average Bonchev–Trinajstić information content (AvgIpc) is 2.86. The summed E-state index contributed by atoms with van der Waals surface area (Å²) in [6.45, 7) is 1.21. The van der Waals surface area contributed by atoms with Crippen molar-refractivity contribution in [1.82, 2.24) is 4.57 Å². The Morgan fingerprint density at radius 2 is 1.62 bits per heavy atom. The third kappa shape index (κ3) is 3.54. The molecule has 3 rings (SSSR count). The molecule has 0 saturated heterocycles. The molecule has 0 radical (unpaired) electrons. The summed E-state index contributed by atoms with van der Waals surface area (Å²) in [5.41, 5.74) is 1.81. The molecular formula is C17H15F2N2+. The zero-order chi connectivity index (χ0) is 14.7. The van der Waals surface area contributed by atoms with Gasteiger partial charge in [-0.05, 0) is 23.3 Å². The molecule has 106 valence electrons. The van der Waals surface area contributed by atoms with Gasteiger partial charge in [0.25, 0.3) is 0 Å². The second kappa shape index (κ2) is 5.87. The summed E-state index contributed by atoms with van der Waals surface area (Å²) >= 11 is 0. The van der Waals surface area contributed by atoms with Crippen molar-refractivity contribution in [2.75, 3.05) is 0 Å². The molecule has 0 aliphatic heterocycles. The molecule has 0 amide bonds. The first-order valence-electron chi connectivity index (χ1n) is 6.73. The third-order valence-electron chi connectivity index (χ3n) is 3.24. The van der Waals surface area contributed by atoms with Crippen LogP contribution in [0, 0.1) is 11.6 Å². The van der Waals surface area contributed by atoms with E-state index in [-0.39, 0.29) is 0 Å². The van der Waals surface area contributed by atoms with Gasteiger partial charge < -0.3 is 0 Å². The van der Waals surface area contributed by atoms with Crippen LogP contribution in [0.15, 0.2) is 67.3 Å². The maximum Gasteiger partial charge on any atom is 0.244 e. The van der Waals surface area contributed by atoms with E-state index in [1.807, 2.05) is 46.1 Å². The molecular weight excluding hydrogens is 270 g/mol. The van der Waals surface area contributed by atoms with Crippen LogP contribution < -0.4 is 4.57 Å². The Labute approximate surface area is 121 Å². The van der Waals surface area contributed by atoms with Gasteiger partial charge in [0, 0.05) is 6.07 Å². The molecule has 3 aromatic rings. The van der Waals surface area contributed by atoms with E-state index >= 15 is 0 Å². The monoisotopic (exact) mass is 285 g/mol. The van der Waals surface area contributed by atoms with Crippen molar-refractivity contribution in [3.8, 4) is 0 Å². The van der Waals surface area contributed by atoms with Crippen LogP contribution in [-0.4, -0.2) is 4.57 Å². The topological polar surface area (TPSA) is 8.81 Å². The second-order valence-electron chi connectivity index (χ2n) is 5.02. The predicted octanol–water partition coefficient (Wildman–Crippen LogP) is 3.15. The van der Waals surface area contributed by atoms with Crippen LogP contribution in [0.5, 0.6) is 0 Å². The lowest BCUT2D eigenvalue weighted by Gasteiger charge is -1.99. The SMILES string of the molecule is Fc1cc(F)cc(C[n+]2ccn(Cc3ccccc3)c2)c1. The average molecular weight is 285 g/mol. The van der Waals surface area contributed by atoms with Crippen molar-refractivity contribution < 1.29 is 13.3 Å². The number of imidazole rings is 1. The summed E-state index contributed by atoms with van der Waals surface area (Å²) in [7, 11) is 0. The summed E-state index contributed by atoms with van der Waals surface area (Å²) in [5, 5.41) is 0. The highest BCUT2D eigenvalue weighted by molar-refractivity contribution is 5.17. The molecule has 2 nitrogen and oxygen atoms in total. The van der Waals surface area contributed by atoms with Crippen molar-refractivity contribution >= 4 is 0 Å². The number of halogens is 2. The van der Waals surface area contributed by atoms with Crippen LogP contribution >= 0.6 is 0 Å². The zero-order valence-corrected chi connectivity index (χ0v) is 11.4. The van der Waals surface area contributed by atoms with Gasteiger partial charge in [-0.2, -0.15) is 0 Å². The smallest absolute Gasteiger partial charge is 0.233 e. The van der Waals surface area contributed by atoms with Gasteiger partial charge in [-0.3, -0.25) is 0 Å². The van der Waals surface area contributed by atoms with Gasteiger partial charge in [-0.15, -0.1) is 0 Å². The van der Waals surface area contributed by atoms with E-state index in [4.69, 9.17) is 0 Å². The highest BCUT2D eigenvalue weighted by atomic mass is 19.1. The molecule has 1 heterocycles. The third-order valence-corrected chi connectivity index (χ3v) is 3.24. The van der Waals surface area contributed by atoms with Gasteiger partial charge in [-0.1, -0.05) is 30.3 Å². The first kappa shape index (κ1) is 13.5. The van der Waals surface area contributed by atoms with E-state index < -0.39 is 11.6 Å². The van der Waals surface area contributed by atoms with Crippen LogP contribution in [0.1, 0.15) is 11.1 Å². The Kier molecular flexibility index (Phi) is 3.77. The summed E-state index contributed by atoms with van der Waals surface area (Å²) in [5.74, 6) is -1.09. The molecule has 0 saturated carbocycles. The molecule has 0 unspecified atom stereocenters. The van der Waals surface area contributed by atoms with Crippen molar-refractivity contribution in [3.05, 3.63) is 90.0 Å². The van der Waals surface area contributed by atoms with Crippen molar-refractivity contribution in [1.29, 1.82) is 0 Å². The quantitative estimate of drug-likeness (QED) is 0.651. The minimum atomic E-state index is -0.547. The van der Waals surface area contributed by atoms with Gasteiger partial charge >= 0.3 is 0 Å². The van der Waals surface area contributed by atoms with Crippen LogP contribution in [0.25, 0.3) is 0 Å². The molecule has 1 aromatic heterocycles. The van der Waals surface area contributed by atoms with E-state index in [0.717, 1.165) is 12.6 Å². The molecule has 0 atom stereocenters. The largest absolute Gasteiger partial charge is 0.244 e. The normalized spacial score (nSPS) is 10.8. The Bertz CT molecular complexity index is 715. The molecule has 0 bridgehead atoms. The van der Waals surface area contributed by atoms with Gasteiger partial charge in [0.1, 0.15) is 37.1 Å². The fourth-order valence-electron chi connectivity index (χ4n) is 2.33. The Morgan fingerprint density at radius 3 is 2.33 bits per heavy atom. The van der Waals surface area contributed by atoms with E-state index in [2.05, 4.69) is 12.1 Å². The van der Waals surface area contributed by atoms with Crippen molar-refractivity contribution in [2.24, 2.45) is 0 Å². The van der Waals surface area contributed by atoms with Crippen LogP contribution in [0.2, 0.25) is 0 Å². The highest BCUT2D eigenvalue weighted by Crippen LogP contribution is 2.08. The maximum absolute atomic E-state index is 13.2. The zero-order valence-electron chi connectivity index (χ0n) is 11.4. The summed E-state index contributed by atoms with van der Waals surface area (Å²) in [4.78, 5) is 0. The lowest BCUT2D eigenvalue weighted by molar-refractivity contribution is -0.687. The fourth-order valence-corrected chi connectivity index (χ4v) is 2.33. The lowest BCUT2D eigenvalue weighted by Crippen LogP contribution is -2.31. The standard InChI is InChI=1S/C17H15F2N2/c18-16-8-15(9-17(19)10-16)12-21-7-6-20(13-21)11-14-4-2-1-3-5-14/h1-10,13H,11-12H2/q+1. The number of rotatable bonds is 4. The summed E-state index contributed by atoms with van der Waals surface area (Å²) in [6, 6.07) is 13.7.